The van der Waals surface area contributed by atoms with Gasteiger partial charge in [0.25, 0.3) is 0 Å². The molecule has 0 radical (unpaired) electrons. The Balaban J connectivity index is 4.35. The molecule has 0 fully saturated rings. The van der Waals surface area contributed by atoms with Gasteiger partial charge in [-0.05, 0) is 6.08 Å². The molecule has 0 atom stereocenters. The molecule has 6 heteroatoms. The molecular weight excluding hydrogens is 174 g/mol. The zero-order valence-corrected chi connectivity index (χ0v) is 7.03. The van der Waals surface area contributed by atoms with E-state index in [0.717, 1.165) is 11.0 Å². The standard InChI is InChI=1S/C7H11N3O3/c1-2-7(13)10(3-5(8)11)4-6(9)12/h2H,1,3-4H2,(H2,8,11)(H2,9,12). The van der Waals surface area contributed by atoms with Crippen molar-refractivity contribution in [2.45, 2.75) is 0 Å². The lowest BCUT2D eigenvalue weighted by Crippen LogP contribution is -2.42. The highest BCUT2D eigenvalue weighted by Crippen LogP contribution is 1.89. The summed E-state index contributed by atoms with van der Waals surface area (Å²) < 4.78 is 0. The van der Waals surface area contributed by atoms with Crippen molar-refractivity contribution in [2.75, 3.05) is 13.1 Å². The van der Waals surface area contributed by atoms with Crippen LogP contribution < -0.4 is 11.5 Å². The van der Waals surface area contributed by atoms with Gasteiger partial charge in [-0.3, -0.25) is 14.4 Å². The highest BCUT2D eigenvalue weighted by atomic mass is 16.2. The summed E-state index contributed by atoms with van der Waals surface area (Å²) in [5, 5.41) is 0. The summed E-state index contributed by atoms with van der Waals surface area (Å²) in [6.45, 7) is 2.52. The van der Waals surface area contributed by atoms with Crippen molar-refractivity contribution in [1.29, 1.82) is 0 Å². The van der Waals surface area contributed by atoms with Crippen molar-refractivity contribution < 1.29 is 14.4 Å². The van der Waals surface area contributed by atoms with Crippen LogP contribution in [-0.4, -0.2) is 35.7 Å². The zero-order chi connectivity index (χ0) is 10.4. The van der Waals surface area contributed by atoms with Crippen molar-refractivity contribution in [1.82, 2.24) is 4.90 Å². The molecule has 72 valence electrons. The van der Waals surface area contributed by atoms with E-state index < -0.39 is 17.7 Å². The van der Waals surface area contributed by atoms with Gasteiger partial charge in [0.1, 0.15) is 13.1 Å². The lowest BCUT2D eigenvalue weighted by molar-refractivity contribution is -0.134. The molecule has 13 heavy (non-hydrogen) atoms. The minimum absolute atomic E-state index is 0.339. The van der Waals surface area contributed by atoms with Crippen LogP contribution in [0.15, 0.2) is 12.7 Å². The average molecular weight is 185 g/mol. The van der Waals surface area contributed by atoms with Gasteiger partial charge in [0.05, 0.1) is 0 Å². The van der Waals surface area contributed by atoms with E-state index in [-0.39, 0.29) is 13.1 Å². The van der Waals surface area contributed by atoms with E-state index >= 15 is 0 Å². The van der Waals surface area contributed by atoms with Crippen LogP contribution >= 0.6 is 0 Å². The first-order chi connectivity index (χ1) is 5.97. The van der Waals surface area contributed by atoms with Crippen LogP contribution in [0.25, 0.3) is 0 Å². The molecule has 4 N–H and O–H groups in total. The molecule has 0 saturated heterocycles. The second kappa shape index (κ2) is 4.91. The topological polar surface area (TPSA) is 106 Å². The second-order valence-electron chi connectivity index (χ2n) is 2.33. The van der Waals surface area contributed by atoms with Gasteiger partial charge in [-0.1, -0.05) is 6.58 Å². The summed E-state index contributed by atoms with van der Waals surface area (Å²) in [6, 6.07) is 0. The van der Waals surface area contributed by atoms with Crippen molar-refractivity contribution in [3.8, 4) is 0 Å². The fourth-order valence-electron chi connectivity index (χ4n) is 0.717. The first-order valence-corrected chi connectivity index (χ1v) is 3.45. The maximum atomic E-state index is 11.0. The monoisotopic (exact) mass is 185 g/mol. The minimum atomic E-state index is -0.712. The maximum absolute atomic E-state index is 11.0. The van der Waals surface area contributed by atoms with Gasteiger partial charge in [0.2, 0.25) is 17.7 Å². The Morgan fingerprint density at radius 3 is 1.77 bits per heavy atom. The third kappa shape index (κ3) is 4.57. The molecule has 0 aromatic heterocycles. The molecule has 6 nitrogen and oxygen atoms in total. The number of amides is 3. The average Bonchev–Trinajstić information content (AvgIpc) is 2.00. The Morgan fingerprint density at radius 1 is 1.15 bits per heavy atom. The SMILES string of the molecule is C=CC(=O)N(CC(N)=O)CC(N)=O. The van der Waals surface area contributed by atoms with Crippen LogP contribution in [0.1, 0.15) is 0 Å². The highest BCUT2D eigenvalue weighted by molar-refractivity contribution is 5.93. The highest BCUT2D eigenvalue weighted by Gasteiger charge is 2.14. The number of carbonyl (C=O) groups is 3. The van der Waals surface area contributed by atoms with Crippen LogP contribution in [0, 0.1) is 0 Å². The van der Waals surface area contributed by atoms with Crippen molar-refractivity contribution in [3.05, 3.63) is 12.7 Å². The Morgan fingerprint density at radius 2 is 1.54 bits per heavy atom. The molecular formula is C7H11N3O3. The van der Waals surface area contributed by atoms with Crippen LogP contribution in [-0.2, 0) is 14.4 Å². The molecule has 0 spiro atoms. The lowest BCUT2D eigenvalue weighted by Gasteiger charge is -2.16. The first kappa shape index (κ1) is 11.2. The summed E-state index contributed by atoms with van der Waals surface area (Å²) in [4.78, 5) is 32.8. The van der Waals surface area contributed by atoms with Gasteiger partial charge >= 0.3 is 0 Å². The van der Waals surface area contributed by atoms with E-state index in [2.05, 4.69) is 6.58 Å². The quantitative estimate of drug-likeness (QED) is 0.482. The predicted octanol–water partition coefficient (Wildman–Crippen LogP) is -2.03. The third-order valence-corrected chi connectivity index (χ3v) is 1.18. The van der Waals surface area contributed by atoms with Gasteiger partial charge in [-0.25, -0.2) is 0 Å². The predicted molar refractivity (Wildman–Crippen MR) is 45.2 cm³/mol. The number of hydrogen-bond donors (Lipinski definition) is 2. The molecule has 0 unspecified atom stereocenters. The summed E-state index contributed by atoms with van der Waals surface area (Å²) in [5.74, 6) is -1.98. The van der Waals surface area contributed by atoms with Gasteiger partial charge in [0.15, 0.2) is 0 Å². The number of nitrogens with two attached hydrogens (primary N) is 2. The molecule has 0 aromatic carbocycles. The molecule has 0 saturated carbocycles. The molecule has 0 rings (SSSR count). The van der Waals surface area contributed by atoms with E-state index in [0.29, 0.717) is 0 Å². The minimum Gasteiger partial charge on any atom is -0.368 e. The fraction of sp³-hybridized carbons (Fsp3) is 0.286. The van der Waals surface area contributed by atoms with E-state index in [1.54, 1.807) is 0 Å². The fourth-order valence-corrected chi connectivity index (χ4v) is 0.717. The molecule has 0 aliphatic rings. The molecule has 0 aliphatic carbocycles. The summed E-state index contributed by atoms with van der Waals surface area (Å²) in [7, 11) is 0. The second-order valence-corrected chi connectivity index (χ2v) is 2.33. The Kier molecular flexibility index (Phi) is 4.21. The van der Waals surface area contributed by atoms with Crippen LogP contribution in [0.2, 0.25) is 0 Å². The lowest BCUT2D eigenvalue weighted by atomic mass is 10.4. The smallest absolute Gasteiger partial charge is 0.246 e. The first-order valence-electron chi connectivity index (χ1n) is 3.45. The van der Waals surface area contributed by atoms with Crippen molar-refractivity contribution in [3.63, 3.8) is 0 Å². The number of nitrogens with zero attached hydrogens (tertiary/aromatic N) is 1. The number of hydrogen-bond acceptors (Lipinski definition) is 3. The van der Waals surface area contributed by atoms with E-state index in [9.17, 15) is 14.4 Å². The van der Waals surface area contributed by atoms with Gasteiger partial charge < -0.3 is 16.4 Å². The Bertz CT molecular complexity index is 233. The zero-order valence-electron chi connectivity index (χ0n) is 7.03. The molecule has 3 amide bonds. The molecule has 0 heterocycles. The Labute approximate surface area is 75.2 Å². The largest absolute Gasteiger partial charge is 0.368 e. The normalized spacial score (nSPS) is 8.92. The van der Waals surface area contributed by atoms with Crippen molar-refractivity contribution >= 4 is 17.7 Å². The van der Waals surface area contributed by atoms with Crippen LogP contribution in [0.5, 0.6) is 0 Å². The Hall–Kier alpha value is -1.85. The van der Waals surface area contributed by atoms with E-state index in [4.69, 9.17) is 11.5 Å². The van der Waals surface area contributed by atoms with Gasteiger partial charge in [-0.15, -0.1) is 0 Å². The van der Waals surface area contributed by atoms with Crippen LogP contribution in [0.4, 0.5) is 0 Å². The molecule has 0 aliphatic heterocycles. The summed E-state index contributed by atoms with van der Waals surface area (Å²) in [5.41, 5.74) is 9.68. The maximum Gasteiger partial charge on any atom is 0.246 e. The molecule has 0 aromatic rings. The van der Waals surface area contributed by atoms with Gasteiger partial charge in [-0.2, -0.15) is 0 Å². The summed E-state index contributed by atoms with van der Waals surface area (Å²) >= 11 is 0. The molecule has 0 bridgehead atoms. The van der Waals surface area contributed by atoms with E-state index in [1.165, 1.54) is 0 Å². The summed E-state index contributed by atoms with van der Waals surface area (Å²) in [6.07, 6.45) is 0.978. The van der Waals surface area contributed by atoms with Crippen LogP contribution in [0.3, 0.4) is 0 Å². The van der Waals surface area contributed by atoms with E-state index in [1.807, 2.05) is 0 Å². The van der Waals surface area contributed by atoms with Crippen molar-refractivity contribution in [2.24, 2.45) is 11.5 Å². The number of primary amides is 2. The number of rotatable bonds is 5. The third-order valence-electron chi connectivity index (χ3n) is 1.18. The van der Waals surface area contributed by atoms with Gasteiger partial charge in [0, 0.05) is 0 Å². The number of carbonyl (C=O) groups excluding carboxylic acids is 3.